The molecule has 2 N–H and O–H groups in total. The number of rotatable bonds is 6. The lowest BCUT2D eigenvalue weighted by Gasteiger charge is -2.18. The van der Waals surface area contributed by atoms with E-state index in [1.807, 2.05) is 10.3 Å². The van der Waals surface area contributed by atoms with E-state index in [4.69, 9.17) is 14.2 Å². The van der Waals surface area contributed by atoms with Gasteiger partial charge in [0.15, 0.2) is 17.2 Å². The summed E-state index contributed by atoms with van der Waals surface area (Å²) in [4.78, 5) is 24.0. The first-order chi connectivity index (χ1) is 13.3. The molecule has 0 aromatic heterocycles. The fraction of sp³-hybridized carbons (Fsp3) is 0.188. The Morgan fingerprint density at radius 3 is 2.54 bits per heavy atom. The number of nitrogens with one attached hydrogen (secondary N) is 2. The number of nitrogens with zero attached hydrogens (tertiary/aromatic N) is 1. The van der Waals surface area contributed by atoms with Gasteiger partial charge in [-0.25, -0.2) is 8.42 Å². The van der Waals surface area contributed by atoms with Crippen molar-refractivity contribution in [1.29, 1.82) is 0 Å². The molecule has 1 aliphatic rings. The second kappa shape index (κ2) is 7.70. The van der Waals surface area contributed by atoms with Crippen LogP contribution < -0.4 is 24.5 Å². The van der Waals surface area contributed by atoms with Gasteiger partial charge < -0.3 is 14.2 Å². The van der Waals surface area contributed by atoms with Gasteiger partial charge in [-0.3, -0.25) is 20.3 Å². The number of hydrogen-bond acceptors (Lipinski definition) is 8. The van der Waals surface area contributed by atoms with Crippen LogP contribution in [0.15, 0.2) is 41.3 Å². The lowest BCUT2D eigenvalue weighted by molar-refractivity contribution is -0.386. The van der Waals surface area contributed by atoms with Crippen LogP contribution in [0.4, 0.5) is 5.69 Å². The Kier molecular flexibility index (Phi) is 5.33. The minimum absolute atomic E-state index is 0.0933. The van der Waals surface area contributed by atoms with Crippen molar-refractivity contribution in [3.8, 4) is 17.2 Å². The maximum Gasteiger partial charge on any atom is 0.312 e. The third-order valence-corrected chi connectivity index (χ3v) is 5.01. The van der Waals surface area contributed by atoms with Crippen molar-refractivity contribution < 1.29 is 32.3 Å². The van der Waals surface area contributed by atoms with Crippen molar-refractivity contribution in [3.05, 3.63) is 52.1 Å². The van der Waals surface area contributed by atoms with E-state index in [1.54, 1.807) is 0 Å². The zero-order valence-corrected chi connectivity index (χ0v) is 15.3. The van der Waals surface area contributed by atoms with Crippen LogP contribution in [0.2, 0.25) is 0 Å². The second-order valence-electron chi connectivity index (χ2n) is 5.51. The normalized spacial score (nSPS) is 12.9. The number of ether oxygens (including phenoxy) is 3. The highest BCUT2D eigenvalue weighted by atomic mass is 32.2. The zero-order valence-electron chi connectivity index (χ0n) is 14.5. The van der Waals surface area contributed by atoms with Crippen molar-refractivity contribution in [2.75, 3.05) is 20.3 Å². The molecule has 0 radical (unpaired) electrons. The summed E-state index contributed by atoms with van der Waals surface area (Å²) in [7, 11) is -3.04. The molecule has 0 fully saturated rings. The number of hydrazine groups is 1. The quantitative estimate of drug-likeness (QED) is 0.531. The van der Waals surface area contributed by atoms with Crippen LogP contribution in [-0.2, 0) is 10.0 Å². The molecular weight excluding hydrogens is 394 g/mol. The van der Waals surface area contributed by atoms with E-state index >= 15 is 0 Å². The maximum absolute atomic E-state index is 12.3. The molecule has 11 nitrogen and oxygen atoms in total. The maximum atomic E-state index is 12.3. The predicted molar refractivity (Wildman–Crippen MR) is 94.9 cm³/mol. The van der Waals surface area contributed by atoms with Gasteiger partial charge in [0.25, 0.3) is 15.9 Å². The van der Waals surface area contributed by atoms with Gasteiger partial charge >= 0.3 is 5.69 Å². The molecule has 0 atom stereocenters. The van der Waals surface area contributed by atoms with Gasteiger partial charge in [-0.2, -0.15) is 0 Å². The Hall–Kier alpha value is -3.38. The molecule has 0 saturated heterocycles. The summed E-state index contributed by atoms with van der Waals surface area (Å²) in [6, 6.07) is 7.48. The van der Waals surface area contributed by atoms with E-state index in [-0.39, 0.29) is 11.3 Å². The number of benzene rings is 2. The van der Waals surface area contributed by atoms with Crippen LogP contribution in [-0.4, -0.2) is 39.6 Å². The first-order valence-corrected chi connectivity index (χ1v) is 9.34. The molecule has 1 heterocycles. The standard InChI is InChI=1S/C16H15N3O8S/c1-25-13-5-3-11(9-12(13)19(21)22)28(23,24)18-17-16(20)10-2-4-14-15(8-10)27-7-6-26-14/h2-5,8-9,18H,6-7H2,1H3,(H,17,20). The molecule has 0 aliphatic carbocycles. The smallest absolute Gasteiger partial charge is 0.312 e. The van der Waals surface area contributed by atoms with E-state index < -0.39 is 31.4 Å². The van der Waals surface area contributed by atoms with Crippen molar-refractivity contribution in [2.45, 2.75) is 4.90 Å². The summed E-state index contributed by atoms with van der Waals surface area (Å²) in [5.41, 5.74) is 1.66. The lowest BCUT2D eigenvalue weighted by Crippen LogP contribution is -2.41. The van der Waals surface area contributed by atoms with Crippen LogP contribution >= 0.6 is 0 Å². The van der Waals surface area contributed by atoms with Crippen molar-refractivity contribution in [3.63, 3.8) is 0 Å². The van der Waals surface area contributed by atoms with Gasteiger partial charge in [-0.1, -0.05) is 0 Å². The molecule has 0 spiro atoms. The zero-order chi connectivity index (χ0) is 20.3. The molecule has 0 unspecified atom stereocenters. The van der Waals surface area contributed by atoms with Gasteiger partial charge in [0.2, 0.25) is 0 Å². The minimum atomic E-state index is -4.26. The highest BCUT2D eigenvalue weighted by molar-refractivity contribution is 7.89. The summed E-state index contributed by atoms with van der Waals surface area (Å²) < 4.78 is 40.2. The predicted octanol–water partition coefficient (Wildman–Crippen LogP) is 0.998. The number of nitro benzene ring substituents is 1. The Morgan fingerprint density at radius 2 is 1.86 bits per heavy atom. The van der Waals surface area contributed by atoms with Crippen LogP contribution in [0.5, 0.6) is 17.2 Å². The van der Waals surface area contributed by atoms with Gasteiger partial charge in [0.1, 0.15) is 13.2 Å². The van der Waals surface area contributed by atoms with E-state index in [0.717, 1.165) is 18.2 Å². The summed E-state index contributed by atoms with van der Waals surface area (Å²) in [6.07, 6.45) is 0. The molecule has 148 valence electrons. The van der Waals surface area contributed by atoms with Crippen molar-refractivity contribution >= 4 is 21.6 Å². The number of carbonyl (C=O) groups excluding carboxylic acids is 1. The monoisotopic (exact) mass is 409 g/mol. The molecule has 28 heavy (non-hydrogen) atoms. The summed E-state index contributed by atoms with van der Waals surface area (Å²) in [5.74, 6) is 0.00860. The van der Waals surface area contributed by atoms with Crippen molar-refractivity contribution in [1.82, 2.24) is 10.3 Å². The average Bonchev–Trinajstić information content (AvgIpc) is 2.71. The number of methoxy groups -OCH3 is 1. The Labute approximate surface area is 159 Å². The summed E-state index contributed by atoms with van der Waals surface area (Å²) in [5, 5.41) is 11.0. The van der Waals surface area contributed by atoms with Crippen LogP contribution in [0.1, 0.15) is 10.4 Å². The van der Waals surface area contributed by atoms with Crippen LogP contribution in [0, 0.1) is 10.1 Å². The molecule has 1 aliphatic heterocycles. The van der Waals surface area contributed by atoms with E-state index in [2.05, 4.69) is 0 Å². The van der Waals surface area contributed by atoms with Crippen LogP contribution in [0.3, 0.4) is 0 Å². The van der Waals surface area contributed by atoms with E-state index in [1.165, 1.54) is 25.3 Å². The molecule has 3 rings (SSSR count). The molecule has 0 bridgehead atoms. The second-order valence-corrected chi connectivity index (χ2v) is 7.19. The van der Waals surface area contributed by atoms with Crippen LogP contribution in [0.25, 0.3) is 0 Å². The average molecular weight is 409 g/mol. The third-order valence-electron chi connectivity index (χ3n) is 3.76. The number of carbonyl (C=O) groups is 1. The highest BCUT2D eigenvalue weighted by Gasteiger charge is 2.23. The largest absolute Gasteiger partial charge is 0.490 e. The number of sulfonamides is 1. The Bertz CT molecular complexity index is 1040. The Morgan fingerprint density at radius 1 is 1.14 bits per heavy atom. The lowest BCUT2D eigenvalue weighted by atomic mass is 10.2. The summed E-state index contributed by atoms with van der Waals surface area (Å²) in [6.45, 7) is 0.729. The third kappa shape index (κ3) is 3.97. The molecule has 0 saturated carbocycles. The first kappa shape index (κ1) is 19.4. The fourth-order valence-electron chi connectivity index (χ4n) is 2.41. The number of hydrogen-bond donors (Lipinski definition) is 2. The molecular formula is C16H15N3O8S. The van der Waals surface area contributed by atoms with Gasteiger partial charge in [-0.05, 0) is 30.3 Å². The SMILES string of the molecule is COc1ccc(S(=O)(=O)NNC(=O)c2ccc3c(c2)OCCO3)cc1[N+](=O)[O-]. The Balaban J connectivity index is 1.75. The highest BCUT2D eigenvalue weighted by Crippen LogP contribution is 2.31. The van der Waals surface area contributed by atoms with Gasteiger partial charge in [0.05, 0.1) is 16.9 Å². The molecule has 2 aromatic rings. The number of amides is 1. The minimum Gasteiger partial charge on any atom is -0.490 e. The summed E-state index contributed by atoms with van der Waals surface area (Å²) >= 11 is 0. The molecule has 1 amide bonds. The molecule has 2 aromatic carbocycles. The van der Waals surface area contributed by atoms with E-state index in [0.29, 0.717) is 24.7 Å². The topological polar surface area (TPSA) is 146 Å². The van der Waals surface area contributed by atoms with Gasteiger partial charge in [-0.15, -0.1) is 4.83 Å². The van der Waals surface area contributed by atoms with Crippen molar-refractivity contribution in [2.24, 2.45) is 0 Å². The number of nitro groups is 1. The number of fused-ring (bicyclic) bond motifs is 1. The fourth-order valence-corrected chi connectivity index (χ4v) is 3.27. The van der Waals surface area contributed by atoms with E-state index in [9.17, 15) is 23.3 Å². The molecule has 12 heteroatoms. The van der Waals surface area contributed by atoms with Gasteiger partial charge in [0, 0.05) is 11.6 Å². The first-order valence-electron chi connectivity index (χ1n) is 7.86.